The zero-order valence-corrected chi connectivity index (χ0v) is 13.2. The molecule has 2 amide bonds. The van der Waals surface area contributed by atoms with Crippen LogP contribution in [0.4, 0.5) is 0 Å². The van der Waals surface area contributed by atoms with Gasteiger partial charge in [0, 0.05) is 13.1 Å². The maximum atomic E-state index is 11.4. The Balaban J connectivity index is 3.55. The summed E-state index contributed by atoms with van der Waals surface area (Å²) in [4.78, 5) is 44.0. The summed E-state index contributed by atoms with van der Waals surface area (Å²) in [5.74, 6) is -3.16. The van der Waals surface area contributed by atoms with Crippen molar-refractivity contribution in [1.29, 1.82) is 0 Å². The van der Waals surface area contributed by atoms with Crippen LogP contribution >= 0.6 is 0 Å². The van der Waals surface area contributed by atoms with Crippen molar-refractivity contribution < 1.29 is 38.5 Å². The number of rotatable bonds is 14. The van der Waals surface area contributed by atoms with E-state index in [0.717, 1.165) is 0 Å². The van der Waals surface area contributed by atoms with E-state index in [9.17, 15) is 19.2 Å². The van der Waals surface area contributed by atoms with E-state index in [2.05, 4.69) is 17.2 Å². The lowest BCUT2D eigenvalue weighted by Gasteiger charge is -2.07. The van der Waals surface area contributed by atoms with Crippen LogP contribution in [-0.4, -0.2) is 68.4 Å². The normalized spacial score (nSPS) is 9.67. The molecular formula is C14H22N2O8. The lowest BCUT2D eigenvalue weighted by atomic mass is 10.4. The summed E-state index contributed by atoms with van der Waals surface area (Å²) in [6, 6.07) is 0. The number of aliphatic carboxylic acids is 1. The Bertz CT molecular complexity index is 438. The van der Waals surface area contributed by atoms with Crippen LogP contribution in [0.25, 0.3) is 0 Å². The predicted molar refractivity (Wildman–Crippen MR) is 80.8 cm³/mol. The van der Waals surface area contributed by atoms with Crippen molar-refractivity contribution >= 4 is 23.8 Å². The van der Waals surface area contributed by atoms with E-state index in [4.69, 9.17) is 19.3 Å². The number of hydrogen-bond donors (Lipinski definition) is 3. The van der Waals surface area contributed by atoms with Crippen LogP contribution in [0.5, 0.6) is 0 Å². The number of carbonyl (C=O) groups excluding carboxylic acids is 3. The SMILES string of the molecule is C=COCCOCCOC(=O)CC(=O)NCCNC(=O)CC(=O)O. The highest BCUT2D eigenvalue weighted by Gasteiger charge is 2.11. The van der Waals surface area contributed by atoms with Gasteiger partial charge < -0.3 is 30.0 Å². The minimum atomic E-state index is -1.24. The van der Waals surface area contributed by atoms with Gasteiger partial charge in [-0.05, 0) is 0 Å². The van der Waals surface area contributed by atoms with E-state index in [0.29, 0.717) is 13.2 Å². The first-order valence-electron chi connectivity index (χ1n) is 7.16. The highest BCUT2D eigenvalue weighted by atomic mass is 16.6. The molecule has 0 saturated carbocycles. The first-order valence-corrected chi connectivity index (χ1v) is 7.16. The topological polar surface area (TPSA) is 140 Å². The Morgan fingerprint density at radius 3 is 2.08 bits per heavy atom. The van der Waals surface area contributed by atoms with Gasteiger partial charge in [-0.3, -0.25) is 19.2 Å². The average molecular weight is 346 g/mol. The number of carbonyl (C=O) groups is 4. The number of esters is 1. The molecule has 0 bridgehead atoms. The van der Waals surface area contributed by atoms with Crippen molar-refractivity contribution in [3.05, 3.63) is 12.8 Å². The number of carboxylic acids is 1. The third-order valence-electron chi connectivity index (χ3n) is 2.34. The van der Waals surface area contributed by atoms with Crippen LogP contribution in [0.15, 0.2) is 12.8 Å². The molecule has 0 radical (unpaired) electrons. The molecule has 24 heavy (non-hydrogen) atoms. The fourth-order valence-electron chi connectivity index (χ4n) is 1.36. The molecule has 0 aliphatic rings. The lowest BCUT2D eigenvalue weighted by molar-refractivity contribution is -0.148. The Kier molecular flexibility index (Phi) is 12.5. The smallest absolute Gasteiger partial charge is 0.315 e. The van der Waals surface area contributed by atoms with Gasteiger partial charge in [0.25, 0.3) is 0 Å². The van der Waals surface area contributed by atoms with Crippen molar-refractivity contribution in [1.82, 2.24) is 10.6 Å². The van der Waals surface area contributed by atoms with Gasteiger partial charge in [0.05, 0.1) is 19.5 Å². The minimum absolute atomic E-state index is 0.0193. The molecule has 0 aliphatic carbocycles. The third kappa shape index (κ3) is 14.3. The number of ether oxygens (including phenoxy) is 3. The fraction of sp³-hybridized carbons (Fsp3) is 0.571. The fourth-order valence-corrected chi connectivity index (χ4v) is 1.36. The molecule has 0 atom stereocenters. The molecule has 0 aromatic heterocycles. The molecule has 0 saturated heterocycles. The van der Waals surface area contributed by atoms with Crippen molar-refractivity contribution in [3.63, 3.8) is 0 Å². The molecule has 10 nitrogen and oxygen atoms in total. The van der Waals surface area contributed by atoms with Gasteiger partial charge in [-0.1, -0.05) is 6.58 Å². The molecule has 0 unspecified atom stereocenters. The first kappa shape index (κ1) is 21.4. The summed E-state index contributed by atoms with van der Waals surface area (Å²) in [7, 11) is 0. The largest absolute Gasteiger partial charge is 0.499 e. The number of amides is 2. The minimum Gasteiger partial charge on any atom is -0.499 e. The molecule has 0 aliphatic heterocycles. The summed E-state index contributed by atoms with van der Waals surface area (Å²) in [5.41, 5.74) is 0. The van der Waals surface area contributed by atoms with E-state index in [1.807, 2.05) is 0 Å². The van der Waals surface area contributed by atoms with Crippen LogP contribution in [0, 0.1) is 0 Å². The Hall–Kier alpha value is -2.62. The molecule has 10 heteroatoms. The standard InChI is InChI=1S/C14H22N2O8/c1-2-22-5-6-23-7-8-24-14(21)10-12(18)16-4-3-15-11(17)9-13(19)20/h2H,1,3-10H2,(H,15,17)(H,16,18)(H,19,20). The van der Waals surface area contributed by atoms with Crippen molar-refractivity contribution in [2.75, 3.05) is 39.5 Å². The first-order chi connectivity index (χ1) is 11.5. The van der Waals surface area contributed by atoms with E-state index in [1.54, 1.807) is 0 Å². The van der Waals surface area contributed by atoms with Gasteiger partial charge in [-0.15, -0.1) is 0 Å². The zero-order chi connectivity index (χ0) is 18.2. The van der Waals surface area contributed by atoms with E-state index in [1.165, 1.54) is 6.26 Å². The quantitative estimate of drug-likeness (QED) is 0.154. The molecule has 136 valence electrons. The summed E-state index contributed by atoms with van der Waals surface area (Å²) in [5, 5.41) is 13.1. The van der Waals surface area contributed by atoms with E-state index in [-0.39, 0.29) is 26.3 Å². The van der Waals surface area contributed by atoms with E-state index < -0.39 is 36.6 Å². The van der Waals surface area contributed by atoms with E-state index >= 15 is 0 Å². The molecule has 0 aromatic rings. The van der Waals surface area contributed by atoms with Crippen molar-refractivity contribution in [2.24, 2.45) is 0 Å². The third-order valence-corrected chi connectivity index (χ3v) is 2.34. The van der Waals surface area contributed by atoms with Crippen LogP contribution < -0.4 is 10.6 Å². The lowest BCUT2D eigenvalue weighted by Crippen LogP contribution is -2.36. The Labute approximate surface area is 139 Å². The second kappa shape index (κ2) is 14.0. The molecular weight excluding hydrogens is 324 g/mol. The maximum absolute atomic E-state index is 11.4. The summed E-state index contributed by atoms with van der Waals surface area (Å²) in [6.07, 6.45) is 0.199. The molecule has 0 rings (SSSR count). The molecule has 0 fully saturated rings. The molecule has 0 heterocycles. The number of nitrogens with one attached hydrogen (secondary N) is 2. The summed E-state index contributed by atoms with van der Waals surface area (Å²) < 4.78 is 14.7. The van der Waals surface area contributed by atoms with Crippen molar-refractivity contribution in [2.45, 2.75) is 12.8 Å². The van der Waals surface area contributed by atoms with Crippen LogP contribution in [0.1, 0.15) is 12.8 Å². The average Bonchev–Trinajstić information content (AvgIpc) is 2.50. The second-order valence-electron chi connectivity index (χ2n) is 4.32. The van der Waals surface area contributed by atoms with Crippen LogP contribution in [0.2, 0.25) is 0 Å². The van der Waals surface area contributed by atoms with Gasteiger partial charge in [0.2, 0.25) is 11.8 Å². The Morgan fingerprint density at radius 1 is 0.917 bits per heavy atom. The monoisotopic (exact) mass is 346 g/mol. The van der Waals surface area contributed by atoms with Crippen LogP contribution in [-0.2, 0) is 33.4 Å². The van der Waals surface area contributed by atoms with Gasteiger partial charge in [0.15, 0.2) is 0 Å². The van der Waals surface area contributed by atoms with Crippen LogP contribution in [0.3, 0.4) is 0 Å². The summed E-state index contributed by atoms with van der Waals surface area (Å²) in [6.45, 7) is 4.38. The zero-order valence-electron chi connectivity index (χ0n) is 13.2. The van der Waals surface area contributed by atoms with Crippen molar-refractivity contribution in [3.8, 4) is 0 Å². The maximum Gasteiger partial charge on any atom is 0.315 e. The van der Waals surface area contributed by atoms with Gasteiger partial charge in [-0.2, -0.15) is 0 Å². The van der Waals surface area contributed by atoms with Gasteiger partial charge in [-0.25, -0.2) is 0 Å². The molecule has 3 N–H and O–H groups in total. The molecule has 0 aromatic carbocycles. The summed E-state index contributed by atoms with van der Waals surface area (Å²) >= 11 is 0. The molecule has 0 spiro atoms. The Morgan fingerprint density at radius 2 is 1.50 bits per heavy atom. The second-order valence-corrected chi connectivity index (χ2v) is 4.32. The van der Waals surface area contributed by atoms with Gasteiger partial charge >= 0.3 is 11.9 Å². The predicted octanol–water partition coefficient (Wildman–Crippen LogP) is -1.20. The number of hydrogen-bond acceptors (Lipinski definition) is 7. The van der Waals surface area contributed by atoms with Gasteiger partial charge in [0.1, 0.15) is 26.1 Å². The highest BCUT2D eigenvalue weighted by Crippen LogP contribution is 1.88. The number of carboxylic acid groups (broad SMARTS) is 1. The highest BCUT2D eigenvalue weighted by molar-refractivity contribution is 5.94.